The van der Waals surface area contributed by atoms with Gasteiger partial charge in [-0.05, 0) is 0 Å². The predicted octanol–water partition coefficient (Wildman–Crippen LogP) is -0.0425. The summed E-state index contributed by atoms with van der Waals surface area (Å²) < 4.78 is 8.25. The first-order valence-corrected chi connectivity index (χ1v) is 1.11. The summed E-state index contributed by atoms with van der Waals surface area (Å²) in [5.74, 6) is 0. The molecule has 1 nitrogen and oxygen atoms in total. The van der Waals surface area contributed by atoms with Crippen LogP contribution in [-0.4, -0.2) is 0 Å². The molecule has 4 heavy (non-hydrogen) atoms. The molecule has 4 radical (unpaired) electrons. The third-order valence-corrected chi connectivity index (χ3v) is 0. The van der Waals surface area contributed by atoms with Crippen molar-refractivity contribution in [3.63, 3.8) is 0 Å². The minimum absolute atomic E-state index is 0. The van der Waals surface area contributed by atoms with E-state index < -0.39 is 0 Å². The SMILES string of the molecule is [C].[O]=[Ir].[Pt]. The molecule has 0 aliphatic carbocycles. The van der Waals surface area contributed by atoms with Crippen LogP contribution < -0.4 is 0 Å². The second kappa shape index (κ2) is 31.5. The first-order chi connectivity index (χ1) is 1.00. The van der Waals surface area contributed by atoms with Gasteiger partial charge in [-0.25, -0.2) is 0 Å². The molecule has 0 saturated heterocycles. The summed E-state index contributed by atoms with van der Waals surface area (Å²) in [6, 6.07) is 0. The van der Waals surface area contributed by atoms with Gasteiger partial charge < -0.3 is 0 Å². The zero-order valence-electron chi connectivity index (χ0n) is 1.56. The van der Waals surface area contributed by atoms with Gasteiger partial charge in [0.05, 0.1) is 0 Å². The Morgan fingerprint density at radius 2 is 1.25 bits per heavy atom. The molecule has 0 heterocycles. The van der Waals surface area contributed by atoms with Gasteiger partial charge in [-0.1, -0.05) is 0 Å². The molecular weight excluding hydrogens is 415 g/mol. The maximum Gasteiger partial charge on any atom is 0 e. The fraction of sp³-hybridized carbons (Fsp3) is 0. The molecule has 0 aliphatic heterocycles. The Balaban J connectivity index is -0.00000000500. The van der Waals surface area contributed by atoms with Gasteiger partial charge in [0.2, 0.25) is 0 Å². The van der Waals surface area contributed by atoms with Crippen molar-refractivity contribution < 1.29 is 43.4 Å². The molecule has 0 atom stereocenters. The van der Waals surface area contributed by atoms with Gasteiger partial charge in [-0.15, -0.1) is 0 Å². The molecule has 0 aliphatic rings. The van der Waals surface area contributed by atoms with E-state index in [1.165, 1.54) is 0 Å². The third-order valence-electron chi connectivity index (χ3n) is 0. The first-order valence-electron chi connectivity index (χ1n) is 0.136. The van der Waals surface area contributed by atoms with E-state index in [2.05, 4.69) is 0 Å². The van der Waals surface area contributed by atoms with E-state index in [9.17, 15) is 0 Å². The predicted molar refractivity (Wildman–Crippen MR) is 3.93 cm³/mol. The summed E-state index contributed by atoms with van der Waals surface area (Å²) in [4.78, 5) is 0. The van der Waals surface area contributed by atoms with Crippen molar-refractivity contribution in [3.8, 4) is 0 Å². The van der Waals surface area contributed by atoms with Crippen LogP contribution in [0.25, 0.3) is 0 Å². The van der Waals surface area contributed by atoms with Crippen LogP contribution in [0.15, 0.2) is 0 Å². The van der Waals surface area contributed by atoms with Crippen molar-refractivity contribution >= 4 is 0 Å². The normalized spacial score (nSPS) is 1.25. The topological polar surface area (TPSA) is 17.1 Å². The summed E-state index contributed by atoms with van der Waals surface area (Å²) in [5.41, 5.74) is 0. The molecule has 0 fully saturated rings. The molecular formula is CIrOPt. The standard InChI is InChI=1S/C.Ir.O.Pt. The van der Waals surface area contributed by atoms with E-state index in [4.69, 9.17) is 3.50 Å². The fourth-order valence-corrected chi connectivity index (χ4v) is 0. The van der Waals surface area contributed by atoms with E-state index in [0.717, 1.165) is 18.9 Å². The van der Waals surface area contributed by atoms with Gasteiger partial charge >= 0.3 is 22.4 Å². The Hall–Kier alpha value is 1.14. The van der Waals surface area contributed by atoms with E-state index in [-0.39, 0.29) is 28.5 Å². The van der Waals surface area contributed by atoms with Crippen LogP contribution in [0.1, 0.15) is 0 Å². The average molecular weight is 415 g/mol. The molecule has 0 aromatic rings. The Morgan fingerprint density at radius 1 is 1.25 bits per heavy atom. The Kier molecular flexibility index (Phi) is 151. The van der Waals surface area contributed by atoms with Gasteiger partial charge in [0.1, 0.15) is 0 Å². The van der Waals surface area contributed by atoms with Crippen LogP contribution in [0.5, 0.6) is 0 Å². The molecule has 0 bridgehead atoms. The van der Waals surface area contributed by atoms with Crippen molar-refractivity contribution in [1.29, 1.82) is 0 Å². The van der Waals surface area contributed by atoms with Crippen LogP contribution >= 0.6 is 0 Å². The minimum Gasteiger partial charge on any atom is 0 e. The minimum atomic E-state index is 0. The summed E-state index contributed by atoms with van der Waals surface area (Å²) in [6.07, 6.45) is 0. The van der Waals surface area contributed by atoms with Crippen LogP contribution in [0, 0.1) is 7.43 Å². The average Bonchev–Trinajstić information content (AvgIpc) is 1.00. The van der Waals surface area contributed by atoms with Gasteiger partial charge in [-0.2, -0.15) is 0 Å². The van der Waals surface area contributed by atoms with Crippen LogP contribution in [-0.2, 0) is 43.4 Å². The third kappa shape index (κ3) is 11.1. The van der Waals surface area contributed by atoms with Crippen molar-refractivity contribution in [1.82, 2.24) is 0 Å². The van der Waals surface area contributed by atoms with Crippen LogP contribution in [0.4, 0.5) is 0 Å². The molecule has 0 unspecified atom stereocenters. The number of hydrogen-bond acceptors (Lipinski definition) is 1. The van der Waals surface area contributed by atoms with Crippen molar-refractivity contribution in [2.75, 3.05) is 0 Å². The van der Waals surface area contributed by atoms with Crippen molar-refractivity contribution in [3.05, 3.63) is 7.43 Å². The van der Waals surface area contributed by atoms with Gasteiger partial charge in [0, 0.05) is 28.5 Å². The number of hydrogen-bond donors (Lipinski definition) is 0. The van der Waals surface area contributed by atoms with Crippen molar-refractivity contribution in [2.24, 2.45) is 0 Å². The van der Waals surface area contributed by atoms with Crippen LogP contribution in [0.2, 0.25) is 0 Å². The van der Waals surface area contributed by atoms with Gasteiger partial charge in [0.25, 0.3) is 0 Å². The zero-order chi connectivity index (χ0) is 2.00. The largest absolute Gasteiger partial charge is 0 e. The summed E-state index contributed by atoms with van der Waals surface area (Å²) in [6.45, 7) is 0. The molecule has 0 amide bonds. The number of rotatable bonds is 0. The molecule has 0 N–H and O–H groups in total. The molecule has 0 rings (SSSR count). The van der Waals surface area contributed by atoms with Crippen molar-refractivity contribution in [2.45, 2.75) is 0 Å². The van der Waals surface area contributed by atoms with Gasteiger partial charge in [0.15, 0.2) is 0 Å². The van der Waals surface area contributed by atoms with Gasteiger partial charge in [-0.3, -0.25) is 0 Å². The van der Waals surface area contributed by atoms with E-state index >= 15 is 0 Å². The second-order valence-electron chi connectivity index (χ2n) is 0. The van der Waals surface area contributed by atoms with E-state index in [1.54, 1.807) is 0 Å². The second-order valence-corrected chi connectivity index (χ2v) is 0. The molecule has 3 heteroatoms. The summed E-state index contributed by atoms with van der Waals surface area (Å²) in [7, 11) is 0. The quantitative estimate of drug-likeness (QED) is 0.543. The Morgan fingerprint density at radius 3 is 1.25 bits per heavy atom. The molecule has 0 spiro atoms. The molecule has 0 saturated carbocycles. The monoisotopic (exact) mass is 416 g/mol. The maximum atomic E-state index is 8.25. The maximum absolute atomic E-state index is 8.25. The molecule has 29 valence electrons. The van der Waals surface area contributed by atoms with E-state index in [0.29, 0.717) is 0 Å². The fourth-order valence-electron chi connectivity index (χ4n) is 0. The smallest absolute Gasteiger partial charge is 0 e. The Bertz CT molecular complexity index is 8.00. The first kappa shape index (κ1) is 19.2. The molecule has 0 aromatic heterocycles. The van der Waals surface area contributed by atoms with Crippen LogP contribution in [0.3, 0.4) is 0 Å². The Labute approximate surface area is 50.9 Å². The zero-order valence-corrected chi connectivity index (χ0v) is 6.23. The van der Waals surface area contributed by atoms with E-state index in [1.807, 2.05) is 0 Å². The summed E-state index contributed by atoms with van der Waals surface area (Å²) >= 11 is 0.750. The summed E-state index contributed by atoms with van der Waals surface area (Å²) in [5, 5.41) is 0. The molecule has 0 aromatic carbocycles.